The Hall–Kier alpha value is -3.31. The maximum atomic E-state index is 13.4. The van der Waals surface area contributed by atoms with Gasteiger partial charge in [0.05, 0.1) is 17.0 Å². The summed E-state index contributed by atoms with van der Waals surface area (Å²) in [5.74, 6) is 0.859. The zero-order valence-corrected chi connectivity index (χ0v) is 19.9. The lowest BCUT2D eigenvalue weighted by Crippen LogP contribution is -2.35. The van der Waals surface area contributed by atoms with Crippen LogP contribution in [0, 0.1) is 20.8 Å². The van der Waals surface area contributed by atoms with Gasteiger partial charge >= 0.3 is 0 Å². The Morgan fingerprint density at radius 3 is 2.12 bits per heavy atom. The fourth-order valence-corrected chi connectivity index (χ4v) is 4.95. The van der Waals surface area contributed by atoms with Crippen molar-refractivity contribution in [3.8, 4) is 5.75 Å². The highest BCUT2D eigenvalue weighted by molar-refractivity contribution is 8.03. The number of hydrogen-bond donors (Lipinski definition) is 0. The fourth-order valence-electron chi connectivity index (χ4n) is 3.87. The predicted octanol–water partition coefficient (Wildman–Crippen LogP) is 5.70. The second-order valence-corrected chi connectivity index (χ2v) is 9.26. The Labute approximate surface area is 199 Å². The minimum atomic E-state index is -0.261. The third kappa shape index (κ3) is 5.37. The Kier molecular flexibility index (Phi) is 6.99. The molecule has 1 heterocycles. The Morgan fingerprint density at radius 2 is 1.45 bits per heavy atom. The first kappa shape index (κ1) is 22.9. The largest absolute Gasteiger partial charge is 0.492 e. The van der Waals surface area contributed by atoms with Crippen LogP contribution in [0.2, 0.25) is 0 Å². The van der Waals surface area contributed by atoms with E-state index in [1.54, 1.807) is 0 Å². The zero-order valence-electron chi connectivity index (χ0n) is 19.1. The highest BCUT2D eigenvalue weighted by atomic mass is 32.2. The van der Waals surface area contributed by atoms with Crippen LogP contribution in [0.15, 0.2) is 77.7 Å². The quantitative estimate of drug-likeness (QED) is 0.407. The van der Waals surface area contributed by atoms with E-state index in [1.807, 2.05) is 87.5 Å². The average Bonchev–Trinajstić information content (AvgIpc) is 3.02. The number of nitrogens with zero attached hydrogens (tertiary/aromatic N) is 1. The number of carbonyl (C=O) groups excluding carboxylic acids is 2. The molecule has 0 radical (unpaired) electrons. The van der Waals surface area contributed by atoms with Crippen LogP contribution in [0.3, 0.4) is 0 Å². The molecule has 0 unspecified atom stereocenters. The molecule has 4 nitrogen and oxygen atoms in total. The van der Waals surface area contributed by atoms with Crippen LogP contribution in [-0.2, 0) is 15.3 Å². The molecular weight excluding hydrogens is 430 g/mol. The molecule has 0 spiro atoms. The molecule has 1 aliphatic rings. The SMILES string of the molecule is Cc1ccc(C2=C(SCc3ccccc3)C(=O)N(CCOc3cc(C)cc(C)c3)C2=O)cc1. The Balaban J connectivity index is 1.53. The molecule has 168 valence electrons. The molecular formula is C28H27NO3S. The number of aryl methyl sites for hydroxylation is 3. The molecule has 33 heavy (non-hydrogen) atoms. The number of imide groups is 1. The summed E-state index contributed by atoms with van der Waals surface area (Å²) in [6.07, 6.45) is 0. The molecule has 0 N–H and O–H groups in total. The van der Waals surface area contributed by atoms with Crippen LogP contribution < -0.4 is 4.74 Å². The summed E-state index contributed by atoms with van der Waals surface area (Å²) in [7, 11) is 0. The summed E-state index contributed by atoms with van der Waals surface area (Å²) in [5.41, 5.74) is 5.69. The van der Waals surface area contributed by atoms with E-state index in [-0.39, 0.29) is 25.0 Å². The van der Waals surface area contributed by atoms with Crippen molar-refractivity contribution >= 4 is 29.1 Å². The third-order valence-corrected chi connectivity index (χ3v) is 6.62. The molecule has 0 aliphatic carbocycles. The Morgan fingerprint density at radius 1 is 0.788 bits per heavy atom. The first-order valence-corrected chi connectivity index (χ1v) is 12.0. The van der Waals surface area contributed by atoms with Gasteiger partial charge in [-0.1, -0.05) is 66.2 Å². The first-order valence-electron chi connectivity index (χ1n) is 11.0. The second kappa shape index (κ2) is 10.1. The second-order valence-electron chi connectivity index (χ2n) is 8.28. The van der Waals surface area contributed by atoms with Gasteiger partial charge in [-0.05, 0) is 55.2 Å². The normalized spacial score (nSPS) is 13.7. The average molecular weight is 458 g/mol. The summed E-state index contributed by atoms with van der Waals surface area (Å²) in [5, 5.41) is 0. The lowest BCUT2D eigenvalue weighted by molar-refractivity contribution is -0.136. The van der Waals surface area contributed by atoms with Crippen LogP contribution in [0.4, 0.5) is 0 Å². The van der Waals surface area contributed by atoms with E-state index < -0.39 is 0 Å². The molecule has 0 saturated heterocycles. The maximum absolute atomic E-state index is 13.4. The van der Waals surface area contributed by atoms with Crippen LogP contribution in [-0.4, -0.2) is 29.9 Å². The first-order chi connectivity index (χ1) is 15.9. The number of amides is 2. The fraction of sp³-hybridized carbons (Fsp3) is 0.214. The van der Waals surface area contributed by atoms with Crippen molar-refractivity contribution in [3.05, 3.63) is 106 Å². The molecule has 2 amide bonds. The summed E-state index contributed by atoms with van der Waals surface area (Å²) < 4.78 is 5.88. The van der Waals surface area contributed by atoms with Gasteiger partial charge in [-0.2, -0.15) is 0 Å². The van der Waals surface area contributed by atoms with Gasteiger partial charge in [0.15, 0.2) is 0 Å². The van der Waals surface area contributed by atoms with Gasteiger partial charge in [-0.25, -0.2) is 0 Å². The van der Waals surface area contributed by atoms with Gasteiger partial charge in [0.2, 0.25) is 0 Å². The lowest BCUT2D eigenvalue weighted by atomic mass is 10.0. The van der Waals surface area contributed by atoms with Crippen LogP contribution in [0.25, 0.3) is 5.57 Å². The van der Waals surface area contributed by atoms with Gasteiger partial charge in [0.25, 0.3) is 11.8 Å². The molecule has 3 aromatic rings. The summed E-state index contributed by atoms with van der Waals surface area (Å²) >= 11 is 1.42. The van der Waals surface area contributed by atoms with Gasteiger partial charge in [-0.15, -0.1) is 11.8 Å². The highest BCUT2D eigenvalue weighted by Gasteiger charge is 2.39. The van der Waals surface area contributed by atoms with Crippen LogP contribution >= 0.6 is 11.8 Å². The number of thioether (sulfide) groups is 1. The summed E-state index contributed by atoms with van der Waals surface area (Å²) in [6, 6.07) is 23.7. The van der Waals surface area contributed by atoms with Crippen LogP contribution in [0.1, 0.15) is 27.8 Å². The molecule has 0 atom stereocenters. The number of ether oxygens (including phenoxy) is 1. The number of rotatable bonds is 8. The van der Waals surface area contributed by atoms with E-state index in [4.69, 9.17) is 4.74 Å². The van der Waals surface area contributed by atoms with E-state index in [2.05, 4.69) is 6.07 Å². The van der Waals surface area contributed by atoms with E-state index in [0.29, 0.717) is 16.2 Å². The predicted molar refractivity (Wildman–Crippen MR) is 134 cm³/mol. The molecule has 0 fully saturated rings. The van der Waals surface area contributed by atoms with E-state index in [9.17, 15) is 9.59 Å². The topological polar surface area (TPSA) is 46.6 Å². The van der Waals surface area contributed by atoms with Gasteiger partial charge in [0.1, 0.15) is 12.4 Å². The standard InChI is InChI=1S/C28H27NO3S/c1-19-9-11-23(12-10-19)25-26(33-18-22-7-5-4-6-8-22)28(31)29(27(25)30)13-14-32-24-16-20(2)15-21(3)17-24/h4-12,15-17H,13-14,18H2,1-3H3. The van der Waals surface area contributed by atoms with Crippen LogP contribution in [0.5, 0.6) is 5.75 Å². The van der Waals surface area contributed by atoms with Crippen molar-refractivity contribution < 1.29 is 14.3 Å². The minimum absolute atomic E-state index is 0.204. The highest BCUT2D eigenvalue weighted by Crippen LogP contribution is 2.37. The molecule has 0 aromatic heterocycles. The van der Waals surface area contributed by atoms with Crippen molar-refractivity contribution in [1.29, 1.82) is 0 Å². The number of carbonyl (C=O) groups is 2. The van der Waals surface area contributed by atoms with Crippen molar-refractivity contribution in [2.24, 2.45) is 0 Å². The Bertz CT molecular complexity index is 1180. The molecule has 0 bridgehead atoms. The van der Waals surface area contributed by atoms with Gasteiger partial charge in [0, 0.05) is 5.75 Å². The molecule has 0 saturated carbocycles. The van der Waals surface area contributed by atoms with Crippen molar-refractivity contribution in [1.82, 2.24) is 4.90 Å². The monoisotopic (exact) mass is 457 g/mol. The number of hydrogen-bond acceptors (Lipinski definition) is 4. The van der Waals surface area contributed by atoms with E-state index >= 15 is 0 Å². The minimum Gasteiger partial charge on any atom is -0.492 e. The number of benzene rings is 3. The molecule has 4 rings (SSSR count). The molecule has 5 heteroatoms. The van der Waals surface area contributed by atoms with Gasteiger partial charge in [-0.3, -0.25) is 14.5 Å². The maximum Gasteiger partial charge on any atom is 0.268 e. The molecule has 1 aliphatic heterocycles. The third-order valence-electron chi connectivity index (χ3n) is 5.47. The summed E-state index contributed by atoms with van der Waals surface area (Å²) in [4.78, 5) is 28.5. The van der Waals surface area contributed by atoms with Crippen molar-refractivity contribution in [2.45, 2.75) is 26.5 Å². The van der Waals surface area contributed by atoms with Gasteiger partial charge < -0.3 is 4.74 Å². The van der Waals surface area contributed by atoms with E-state index in [0.717, 1.165) is 33.6 Å². The van der Waals surface area contributed by atoms with Crippen molar-refractivity contribution in [2.75, 3.05) is 13.2 Å². The smallest absolute Gasteiger partial charge is 0.268 e. The zero-order chi connectivity index (χ0) is 23.4. The van der Waals surface area contributed by atoms with Crippen molar-refractivity contribution in [3.63, 3.8) is 0 Å². The lowest BCUT2D eigenvalue weighted by Gasteiger charge is -2.16. The molecule has 3 aromatic carbocycles. The van der Waals surface area contributed by atoms with E-state index in [1.165, 1.54) is 16.7 Å². The summed E-state index contributed by atoms with van der Waals surface area (Å²) in [6.45, 7) is 6.48.